The summed E-state index contributed by atoms with van der Waals surface area (Å²) in [4.78, 5) is 4.67. The lowest BCUT2D eigenvalue weighted by Gasteiger charge is -2.22. The van der Waals surface area contributed by atoms with Gasteiger partial charge in [-0.1, -0.05) is 51.8 Å². The van der Waals surface area contributed by atoms with Crippen molar-refractivity contribution >= 4 is 5.71 Å². The Balaban J connectivity index is 3.19. The molecule has 1 aromatic rings. The van der Waals surface area contributed by atoms with Crippen LogP contribution in [0.1, 0.15) is 77.0 Å². The number of halogens is 1. The molecule has 0 fully saturated rings. The van der Waals surface area contributed by atoms with Crippen molar-refractivity contribution in [2.24, 2.45) is 10.9 Å². The number of hydrogen-bond acceptors (Lipinski definition) is 1. The molecule has 2 heteroatoms. The van der Waals surface area contributed by atoms with Gasteiger partial charge in [-0.25, -0.2) is 4.39 Å². The number of aliphatic imine (C=N–C) groups is 1. The van der Waals surface area contributed by atoms with Crippen LogP contribution < -0.4 is 0 Å². The predicted molar refractivity (Wildman–Crippen MR) is 104 cm³/mol. The summed E-state index contributed by atoms with van der Waals surface area (Å²) in [6.45, 7) is 12.5. The van der Waals surface area contributed by atoms with Crippen LogP contribution in [-0.2, 0) is 12.1 Å². The van der Waals surface area contributed by atoms with E-state index < -0.39 is 5.67 Å². The van der Waals surface area contributed by atoms with E-state index in [0.717, 1.165) is 37.1 Å². The van der Waals surface area contributed by atoms with E-state index in [1.54, 1.807) is 13.8 Å². The summed E-state index contributed by atoms with van der Waals surface area (Å²) >= 11 is 0. The van der Waals surface area contributed by atoms with Gasteiger partial charge in [0.25, 0.3) is 0 Å². The summed E-state index contributed by atoms with van der Waals surface area (Å²) in [5.74, 6) is 3.27. The first-order valence-corrected chi connectivity index (χ1v) is 9.06. The third kappa shape index (κ3) is 5.48. The van der Waals surface area contributed by atoms with Gasteiger partial charge in [0.15, 0.2) is 0 Å². The first-order chi connectivity index (χ1) is 11.2. The van der Waals surface area contributed by atoms with Gasteiger partial charge in [-0.2, -0.15) is 0 Å². The van der Waals surface area contributed by atoms with Gasteiger partial charge in [-0.3, -0.25) is 4.99 Å². The fraction of sp³-hybridized carbons (Fsp3) is 0.591. The van der Waals surface area contributed by atoms with E-state index in [1.165, 1.54) is 11.1 Å². The first-order valence-electron chi connectivity index (χ1n) is 9.06. The van der Waals surface area contributed by atoms with Gasteiger partial charge in [0.1, 0.15) is 5.67 Å². The topological polar surface area (TPSA) is 12.4 Å². The maximum atomic E-state index is 14.3. The van der Waals surface area contributed by atoms with Crippen molar-refractivity contribution in [1.82, 2.24) is 0 Å². The molecule has 1 atom stereocenters. The molecule has 0 saturated carbocycles. The molecule has 0 radical (unpaired) electrons. The predicted octanol–water partition coefficient (Wildman–Crippen LogP) is 6.07. The average Bonchev–Trinajstić information content (AvgIpc) is 2.53. The second kappa shape index (κ2) is 9.02. The Morgan fingerprint density at radius 2 is 1.96 bits per heavy atom. The minimum Gasteiger partial charge on any atom is -0.293 e. The highest BCUT2D eigenvalue weighted by Crippen LogP contribution is 2.30. The molecule has 0 spiro atoms. The van der Waals surface area contributed by atoms with Gasteiger partial charge < -0.3 is 0 Å². The highest BCUT2D eigenvalue weighted by atomic mass is 19.1. The van der Waals surface area contributed by atoms with Crippen LogP contribution >= 0.6 is 0 Å². The summed E-state index contributed by atoms with van der Waals surface area (Å²) in [5.41, 5.74) is 2.89. The Labute approximate surface area is 147 Å². The van der Waals surface area contributed by atoms with Gasteiger partial charge in [-0.15, -0.1) is 6.42 Å². The zero-order chi connectivity index (χ0) is 18.3. The standard InChI is InChI=1S/C22H32FN/c1-8-13-24-21(10-3)17(9-2)14-18-11-12-19(22(6,7)23)15-20(18)16(4)5/h2,11-12,15-17H,8,10,13-14H2,1,3-7H3/b24-21-. The van der Waals surface area contributed by atoms with E-state index in [2.05, 4.69) is 38.6 Å². The molecule has 24 heavy (non-hydrogen) atoms. The molecule has 0 saturated heterocycles. The Morgan fingerprint density at radius 3 is 2.42 bits per heavy atom. The maximum Gasteiger partial charge on any atom is 0.130 e. The summed E-state index contributed by atoms with van der Waals surface area (Å²) in [5, 5.41) is 0. The SMILES string of the molecule is C#CC(Cc1ccc(C(C)(C)F)cc1C(C)C)/C(CC)=N\CCC. The second-order valence-electron chi connectivity index (χ2n) is 7.19. The minimum absolute atomic E-state index is 0.0169. The van der Waals surface area contributed by atoms with Gasteiger partial charge in [-0.05, 0) is 55.7 Å². The highest BCUT2D eigenvalue weighted by Gasteiger charge is 2.22. The van der Waals surface area contributed by atoms with Crippen LogP contribution in [-0.4, -0.2) is 12.3 Å². The molecule has 1 nitrogen and oxygen atoms in total. The molecule has 0 aromatic heterocycles. The van der Waals surface area contributed by atoms with Crippen molar-refractivity contribution in [3.63, 3.8) is 0 Å². The number of nitrogens with zero attached hydrogens (tertiary/aromatic N) is 1. The zero-order valence-electron chi connectivity index (χ0n) is 16.1. The van der Waals surface area contributed by atoms with Crippen LogP contribution in [0.25, 0.3) is 0 Å². The quantitative estimate of drug-likeness (QED) is 0.405. The molecule has 132 valence electrons. The lowest BCUT2D eigenvalue weighted by molar-refractivity contribution is 0.221. The maximum absolute atomic E-state index is 14.3. The fourth-order valence-electron chi connectivity index (χ4n) is 2.90. The fourth-order valence-corrected chi connectivity index (χ4v) is 2.90. The molecule has 0 aliphatic heterocycles. The van der Waals surface area contributed by atoms with Crippen molar-refractivity contribution in [2.75, 3.05) is 6.54 Å². The van der Waals surface area contributed by atoms with Gasteiger partial charge >= 0.3 is 0 Å². The van der Waals surface area contributed by atoms with Gasteiger partial charge in [0.05, 0.1) is 5.92 Å². The average molecular weight is 330 g/mol. The number of terminal acetylenes is 1. The molecule has 0 bridgehead atoms. The normalized spacial score (nSPS) is 13.9. The van der Waals surface area contributed by atoms with Crippen molar-refractivity contribution < 1.29 is 4.39 Å². The molecule has 1 aromatic carbocycles. The zero-order valence-corrected chi connectivity index (χ0v) is 16.1. The van der Waals surface area contributed by atoms with Crippen LogP contribution in [0.4, 0.5) is 4.39 Å². The lowest BCUT2D eigenvalue weighted by atomic mass is 9.85. The van der Waals surface area contributed by atoms with Crippen molar-refractivity contribution in [2.45, 2.75) is 72.4 Å². The summed E-state index contributed by atoms with van der Waals surface area (Å²) in [6, 6.07) is 5.94. The minimum atomic E-state index is -1.33. The molecule has 0 heterocycles. The highest BCUT2D eigenvalue weighted by molar-refractivity contribution is 5.89. The Bertz CT molecular complexity index is 599. The van der Waals surface area contributed by atoms with Crippen LogP contribution in [0.2, 0.25) is 0 Å². The number of benzene rings is 1. The van der Waals surface area contributed by atoms with E-state index in [4.69, 9.17) is 6.42 Å². The molecule has 0 N–H and O–H groups in total. The molecule has 0 aliphatic rings. The summed E-state index contributed by atoms with van der Waals surface area (Å²) < 4.78 is 14.3. The molecule has 0 amide bonds. The lowest BCUT2D eigenvalue weighted by Crippen LogP contribution is -2.17. The van der Waals surface area contributed by atoms with E-state index in [0.29, 0.717) is 5.92 Å². The Morgan fingerprint density at radius 1 is 1.29 bits per heavy atom. The second-order valence-corrected chi connectivity index (χ2v) is 7.19. The molecular formula is C22H32FN. The Kier molecular flexibility index (Phi) is 7.67. The van der Waals surface area contributed by atoms with Crippen LogP contribution in [0, 0.1) is 18.3 Å². The number of hydrogen-bond donors (Lipinski definition) is 0. The molecule has 0 aliphatic carbocycles. The summed E-state index contributed by atoms with van der Waals surface area (Å²) in [7, 11) is 0. The molecule has 1 unspecified atom stereocenters. The Hall–Kier alpha value is -1.62. The smallest absolute Gasteiger partial charge is 0.130 e. The van der Waals surface area contributed by atoms with E-state index in [9.17, 15) is 4.39 Å². The van der Waals surface area contributed by atoms with Gasteiger partial charge in [0, 0.05) is 12.3 Å². The van der Waals surface area contributed by atoms with E-state index >= 15 is 0 Å². The van der Waals surface area contributed by atoms with E-state index in [-0.39, 0.29) is 5.92 Å². The monoisotopic (exact) mass is 329 g/mol. The number of alkyl halides is 1. The van der Waals surface area contributed by atoms with Gasteiger partial charge in [0.2, 0.25) is 0 Å². The first kappa shape index (κ1) is 20.4. The van der Waals surface area contributed by atoms with Crippen LogP contribution in [0.3, 0.4) is 0 Å². The van der Waals surface area contributed by atoms with Crippen molar-refractivity contribution in [3.05, 3.63) is 34.9 Å². The number of rotatable bonds is 8. The third-order valence-corrected chi connectivity index (χ3v) is 4.38. The van der Waals surface area contributed by atoms with Crippen molar-refractivity contribution in [1.29, 1.82) is 0 Å². The summed E-state index contributed by atoms with van der Waals surface area (Å²) in [6.07, 6.45) is 8.48. The molecule has 1 rings (SSSR count). The molecular weight excluding hydrogens is 297 g/mol. The third-order valence-electron chi connectivity index (χ3n) is 4.38. The largest absolute Gasteiger partial charge is 0.293 e. The van der Waals surface area contributed by atoms with Crippen LogP contribution in [0.15, 0.2) is 23.2 Å². The van der Waals surface area contributed by atoms with Crippen molar-refractivity contribution in [3.8, 4) is 12.3 Å². The van der Waals surface area contributed by atoms with E-state index in [1.807, 2.05) is 18.2 Å². The van der Waals surface area contributed by atoms with Crippen LogP contribution in [0.5, 0.6) is 0 Å².